The molecule has 238 valence electrons. The Morgan fingerprint density at radius 1 is 0.978 bits per heavy atom. The largest absolute Gasteiger partial charge is 0.383 e. The van der Waals surface area contributed by atoms with Crippen molar-refractivity contribution in [3.63, 3.8) is 0 Å². The molecule has 0 radical (unpaired) electrons. The van der Waals surface area contributed by atoms with Crippen LogP contribution in [0.3, 0.4) is 0 Å². The van der Waals surface area contributed by atoms with Gasteiger partial charge >= 0.3 is 6.03 Å². The number of urea groups is 1. The van der Waals surface area contributed by atoms with Crippen LogP contribution in [-0.4, -0.2) is 107 Å². The van der Waals surface area contributed by atoms with Crippen molar-refractivity contribution in [1.82, 2.24) is 28.8 Å². The number of amides is 3. The molecule has 0 bridgehead atoms. The second-order valence-corrected chi connectivity index (χ2v) is 12.2. The number of fused-ring (bicyclic) bond motifs is 1. The summed E-state index contributed by atoms with van der Waals surface area (Å²) in [5.74, 6) is 0.547. The van der Waals surface area contributed by atoms with Gasteiger partial charge in [-0.15, -0.1) is 0 Å². The number of aryl methyl sites for hydroxylation is 1. The fraction of sp³-hybridized carbons (Fsp3) is 0.457. The number of rotatable bonds is 10. The zero-order valence-corrected chi connectivity index (χ0v) is 26.4. The third-order valence-electron chi connectivity index (χ3n) is 9.26. The molecule has 0 N–H and O–H groups in total. The van der Waals surface area contributed by atoms with Gasteiger partial charge in [-0.3, -0.25) is 4.79 Å². The van der Waals surface area contributed by atoms with Crippen molar-refractivity contribution in [2.75, 3.05) is 66.7 Å². The van der Waals surface area contributed by atoms with Crippen LogP contribution in [0.2, 0.25) is 0 Å². The van der Waals surface area contributed by atoms with Gasteiger partial charge in [-0.2, -0.15) is 0 Å². The number of hydrogen-bond acceptors (Lipinski definition) is 5. The standard InChI is InChI=1S/C35H44N6O4/c1-37(16-19-44-2)34(42)33-25-38(24-32(33)31-9-5-7-28-6-3-4-8-30(28)31)23-29-22-36-26-41(29)15-12-27-10-13-39(14-11-27)35(43)40-17-20-45-21-18-40/h3-9,22,24-27H,10-21,23H2,1-2H3. The quantitative estimate of drug-likeness (QED) is 0.256. The summed E-state index contributed by atoms with van der Waals surface area (Å²) in [5.41, 5.74) is 3.74. The monoisotopic (exact) mass is 612 g/mol. The Morgan fingerprint density at radius 3 is 2.53 bits per heavy atom. The van der Waals surface area contributed by atoms with E-state index in [4.69, 9.17) is 9.47 Å². The molecule has 0 unspecified atom stereocenters. The zero-order chi connectivity index (χ0) is 31.2. The molecule has 45 heavy (non-hydrogen) atoms. The first-order chi connectivity index (χ1) is 22.0. The van der Waals surface area contributed by atoms with Crippen molar-refractivity contribution < 1.29 is 19.1 Å². The SMILES string of the molecule is COCCN(C)C(=O)c1cn(Cc2cncn2CCC2CCN(C(=O)N3CCOCC3)CC2)cc1-c1cccc2ccccc12. The van der Waals surface area contributed by atoms with Gasteiger partial charge < -0.3 is 33.3 Å². The predicted molar refractivity (Wildman–Crippen MR) is 174 cm³/mol. The Bertz CT molecular complexity index is 1590. The molecule has 2 aliphatic heterocycles. The van der Waals surface area contributed by atoms with Gasteiger partial charge in [0.2, 0.25) is 0 Å². The van der Waals surface area contributed by atoms with E-state index in [9.17, 15) is 9.59 Å². The van der Waals surface area contributed by atoms with Crippen LogP contribution in [-0.2, 0) is 22.6 Å². The van der Waals surface area contributed by atoms with Crippen molar-refractivity contribution in [3.05, 3.63) is 78.6 Å². The van der Waals surface area contributed by atoms with E-state index in [1.165, 1.54) is 0 Å². The van der Waals surface area contributed by atoms with Crippen molar-refractivity contribution in [2.24, 2.45) is 5.92 Å². The van der Waals surface area contributed by atoms with E-state index in [1.807, 2.05) is 47.7 Å². The van der Waals surface area contributed by atoms with Crippen LogP contribution in [0, 0.1) is 5.92 Å². The lowest BCUT2D eigenvalue weighted by Gasteiger charge is -2.37. The Kier molecular flexibility index (Phi) is 9.81. The topological polar surface area (TPSA) is 85.1 Å². The molecule has 2 saturated heterocycles. The number of likely N-dealkylation sites (N-methyl/N-ethyl adjacent to an activating group) is 1. The van der Waals surface area contributed by atoms with E-state index < -0.39 is 0 Å². The van der Waals surface area contributed by atoms with Crippen molar-refractivity contribution in [2.45, 2.75) is 32.4 Å². The predicted octanol–water partition coefficient (Wildman–Crippen LogP) is 4.83. The van der Waals surface area contributed by atoms with Crippen LogP contribution in [0.4, 0.5) is 4.79 Å². The molecule has 10 heteroatoms. The van der Waals surface area contributed by atoms with Gasteiger partial charge in [-0.25, -0.2) is 9.78 Å². The van der Waals surface area contributed by atoms with E-state index in [-0.39, 0.29) is 11.9 Å². The molecule has 3 amide bonds. The second-order valence-electron chi connectivity index (χ2n) is 12.2. The van der Waals surface area contributed by atoms with Crippen molar-refractivity contribution in [1.29, 1.82) is 0 Å². The molecule has 4 aromatic rings. The summed E-state index contributed by atoms with van der Waals surface area (Å²) in [6.07, 6.45) is 11.0. The third-order valence-corrected chi connectivity index (χ3v) is 9.26. The van der Waals surface area contributed by atoms with Crippen LogP contribution in [0.25, 0.3) is 21.9 Å². The molecular formula is C35H44N6O4. The van der Waals surface area contributed by atoms with E-state index in [0.717, 1.165) is 66.5 Å². The number of hydrogen-bond donors (Lipinski definition) is 0. The maximum atomic E-state index is 13.7. The van der Waals surface area contributed by atoms with E-state index in [1.54, 1.807) is 12.0 Å². The molecule has 0 atom stereocenters. The molecule has 0 spiro atoms. The summed E-state index contributed by atoms with van der Waals surface area (Å²) in [5, 5.41) is 2.26. The number of likely N-dealkylation sites (tertiary alicyclic amines) is 1. The number of nitrogens with zero attached hydrogens (tertiary/aromatic N) is 6. The number of imidazole rings is 1. The summed E-state index contributed by atoms with van der Waals surface area (Å²) in [6, 6.07) is 14.7. The van der Waals surface area contributed by atoms with Gasteiger partial charge in [0.1, 0.15) is 0 Å². The minimum Gasteiger partial charge on any atom is -0.383 e. The molecule has 6 rings (SSSR count). The molecule has 2 aromatic carbocycles. The average Bonchev–Trinajstić information content (AvgIpc) is 3.72. The summed E-state index contributed by atoms with van der Waals surface area (Å²) < 4.78 is 15.0. The van der Waals surface area contributed by atoms with Gasteiger partial charge in [0, 0.05) is 77.6 Å². The highest BCUT2D eigenvalue weighted by Gasteiger charge is 2.27. The summed E-state index contributed by atoms with van der Waals surface area (Å²) in [6.45, 7) is 6.75. The van der Waals surface area contributed by atoms with Gasteiger partial charge in [-0.1, -0.05) is 42.5 Å². The number of carbonyl (C=O) groups excluding carboxylic acids is 2. The molecule has 4 heterocycles. The molecule has 0 aliphatic carbocycles. The maximum absolute atomic E-state index is 13.7. The highest BCUT2D eigenvalue weighted by Crippen LogP contribution is 2.33. The number of carbonyl (C=O) groups is 2. The van der Waals surface area contributed by atoms with Crippen LogP contribution >= 0.6 is 0 Å². The highest BCUT2D eigenvalue weighted by atomic mass is 16.5. The van der Waals surface area contributed by atoms with Gasteiger partial charge in [-0.05, 0) is 41.5 Å². The summed E-state index contributed by atoms with van der Waals surface area (Å²) in [4.78, 5) is 36.7. The minimum atomic E-state index is -0.0271. The van der Waals surface area contributed by atoms with Gasteiger partial charge in [0.15, 0.2) is 0 Å². The number of ether oxygens (including phenoxy) is 2. The summed E-state index contributed by atoms with van der Waals surface area (Å²) >= 11 is 0. The van der Waals surface area contributed by atoms with E-state index in [2.05, 4.69) is 50.6 Å². The van der Waals surface area contributed by atoms with Crippen molar-refractivity contribution >= 4 is 22.7 Å². The number of piperidine rings is 1. The van der Waals surface area contributed by atoms with Crippen molar-refractivity contribution in [3.8, 4) is 11.1 Å². The zero-order valence-electron chi connectivity index (χ0n) is 26.4. The molecule has 0 saturated carbocycles. The molecular weight excluding hydrogens is 568 g/mol. The van der Waals surface area contributed by atoms with Crippen LogP contribution in [0.15, 0.2) is 67.4 Å². The lowest BCUT2D eigenvalue weighted by atomic mass is 9.93. The number of morpholine rings is 1. The van der Waals surface area contributed by atoms with Crippen LogP contribution in [0.1, 0.15) is 35.3 Å². The first-order valence-electron chi connectivity index (χ1n) is 16.0. The lowest BCUT2D eigenvalue weighted by Crippen LogP contribution is -2.50. The van der Waals surface area contributed by atoms with Gasteiger partial charge in [0.25, 0.3) is 5.91 Å². The van der Waals surface area contributed by atoms with Gasteiger partial charge in [0.05, 0.1) is 44.0 Å². The minimum absolute atomic E-state index is 0.0271. The fourth-order valence-electron chi connectivity index (χ4n) is 6.54. The number of benzene rings is 2. The number of aromatic nitrogens is 3. The highest BCUT2D eigenvalue weighted by molar-refractivity contribution is 6.06. The Labute approximate surface area is 265 Å². The Morgan fingerprint density at radius 2 is 1.73 bits per heavy atom. The third kappa shape index (κ3) is 7.07. The first-order valence-corrected chi connectivity index (χ1v) is 16.0. The number of methoxy groups -OCH3 is 1. The fourth-order valence-corrected chi connectivity index (χ4v) is 6.54. The average molecular weight is 613 g/mol. The lowest BCUT2D eigenvalue weighted by molar-refractivity contribution is 0.0398. The molecule has 10 nitrogen and oxygen atoms in total. The Balaban J connectivity index is 1.15. The first kappa shape index (κ1) is 30.9. The smallest absolute Gasteiger partial charge is 0.320 e. The van der Waals surface area contributed by atoms with Crippen LogP contribution < -0.4 is 0 Å². The van der Waals surface area contributed by atoms with E-state index in [0.29, 0.717) is 57.5 Å². The molecule has 2 aliphatic rings. The molecule has 2 fully saturated rings. The summed E-state index contributed by atoms with van der Waals surface area (Å²) in [7, 11) is 3.47. The normalized spacial score (nSPS) is 16.0. The second kappa shape index (κ2) is 14.3. The maximum Gasteiger partial charge on any atom is 0.320 e. The van der Waals surface area contributed by atoms with E-state index >= 15 is 0 Å². The Hall–Kier alpha value is -4.15. The molecule has 2 aromatic heterocycles. The van der Waals surface area contributed by atoms with Crippen LogP contribution in [0.5, 0.6) is 0 Å².